The molecule has 0 saturated carbocycles. The van der Waals surface area contributed by atoms with Gasteiger partial charge in [-0.2, -0.15) is 0 Å². The van der Waals surface area contributed by atoms with Gasteiger partial charge in [0.2, 0.25) is 0 Å². The second kappa shape index (κ2) is 10.4. The number of benzene rings is 3. The standard InChI is InChI=1S/C27H28N2O6/c1-17-6-5-7-21(14-17)34-13-12-29-22-16-20(9-11-23(22)35-18(2)27(29)31)28-26(30)19-8-10-24(32-3)25(15-19)33-4/h5-11,14-16,18H,12-13H2,1-4H3,(H,28,30). The molecule has 8 nitrogen and oxygen atoms in total. The van der Waals surface area contributed by atoms with Crippen LogP contribution in [0.2, 0.25) is 0 Å². The SMILES string of the molecule is COc1ccc(C(=O)Nc2ccc3c(c2)N(CCOc2cccc(C)c2)C(=O)C(C)O3)cc1OC. The van der Waals surface area contributed by atoms with Gasteiger partial charge in [-0.15, -0.1) is 0 Å². The summed E-state index contributed by atoms with van der Waals surface area (Å²) >= 11 is 0. The predicted octanol–water partition coefficient (Wildman–Crippen LogP) is 4.46. The van der Waals surface area contributed by atoms with Gasteiger partial charge >= 0.3 is 0 Å². The Kier molecular flexibility index (Phi) is 7.10. The molecule has 1 N–H and O–H groups in total. The molecular weight excluding hydrogens is 448 g/mol. The van der Waals surface area contributed by atoms with Gasteiger partial charge in [-0.25, -0.2) is 0 Å². The predicted molar refractivity (Wildman–Crippen MR) is 133 cm³/mol. The van der Waals surface area contributed by atoms with Gasteiger partial charge < -0.3 is 29.2 Å². The van der Waals surface area contributed by atoms with Gasteiger partial charge in [0, 0.05) is 11.3 Å². The number of fused-ring (bicyclic) bond motifs is 1. The van der Waals surface area contributed by atoms with Crippen LogP contribution in [0.3, 0.4) is 0 Å². The molecule has 2 amide bonds. The quantitative estimate of drug-likeness (QED) is 0.517. The van der Waals surface area contributed by atoms with Crippen LogP contribution in [0.4, 0.5) is 11.4 Å². The lowest BCUT2D eigenvalue weighted by Gasteiger charge is -2.33. The lowest BCUT2D eigenvalue weighted by molar-refractivity contribution is -0.125. The van der Waals surface area contributed by atoms with Crippen LogP contribution in [0, 0.1) is 6.92 Å². The topological polar surface area (TPSA) is 86.3 Å². The fourth-order valence-electron chi connectivity index (χ4n) is 3.86. The first-order chi connectivity index (χ1) is 16.9. The maximum atomic E-state index is 12.9. The molecule has 1 heterocycles. The summed E-state index contributed by atoms with van der Waals surface area (Å²) in [4.78, 5) is 27.4. The van der Waals surface area contributed by atoms with Crippen LogP contribution >= 0.6 is 0 Å². The molecule has 0 aromatic heterocycles. The molecule has 0 radical (unpaired) electrons. The summed E-state index contributed by atoms with van der Waals surface area (Å²) in [6, 6.07) is 17.9. The minimum atomic E-state index is -0.617. The summed E-state index contributed by atoms with van der Waals surface area (Å²) in [7, 11) is 3.05. The van der Waals surface area contributed by atoms with Crippen LogP contribution in [-0.4, -0.2) is 45.3 Å². The van der Waals surface area contributed by atoms with E-state index in [1.54, 1.807) is 48.2 Å². The van der Waals surface area contributed by atoms with E-state index in [2.05, 4.69) is 5.32 Å². The van der Waals surface area contributed by atoms with Crippen molar-refractivity contribution in [2.45, 2.75) is 20.0 Å². The van der Waals surface area contributed by atoms with Gasteiger partial charge in [-0.3, -0.25) is 9.59 Å². The average Bonchev–Trinajstić information content (AvgIpc) is 2.86. The second-order valence-electron chi connectivity index (χ2n) is 8.12. The molecule has 1 aliphatic heterocycles. The van der Waals surface area contributed by atoms with E-state index in [1.165, 1.54) is 14.2 Å². The highest BCUT2D eigenvalue weighted by atomic mass is 16.5. The molecule has 0 bridgehead atoms. The molecule has 0 aliphatic carbocycles. The van der Waals surface area contributed by atoms with E-state index in [4.69, 9.17) is 18.9 Å². The Labute approximate surface area is 204 Å². The van der Waals surface area contributed by atoms with E-state index in [0.29, 0.717) is 47.3 Å². The van der Waals surface area contributed by atoms with Crippen molar-refractivity contribution in [2.75, 3.05) is 37.6 Å². The number of rotatable bonds is 8. The number of hydrogen-bond acceptors (Lipinski definition) is 6. The summed E-state index contributed by atoms with van der Waals surface area (Å²) in [6.45, 7) is 4.35. The van der Waals surface area contributed by atoms with Gasteiger partial charge in [0.1, 0.15) is 18.1 Å². The van der Waals surface area contributed by atoms with Crippen molar-refractivity contribution in [1.82, 2.24) is 0 Å². The van der Waals surface area contributed by atoms with Gasteiger partial charge in [0.25, 0.3) is 11.8 Å². The fraction of sp³-hybridized carbons (Fsp3) is 0.259. The van der Waals surface area contributed by atoms with E-state index in [0.717, 1.165) is 11.3 Å². The zero-order chi connectivity index (χ0) is 24.9. The number of ether oxygens (including phenoxy) is 4. The number of nitrogens with zero attached hydrogens (tertiary/aromatic N) is 1. The largest absolute Gasteiger partial charge is 0.493 e. The van der Waals surface area contributed by atoms with E-state index in [-0.39, 0.29) is 11.8 Å². The number of carbonyl (C=O) groups excluding carboxylic acids is 2. The Bertz CT molecular complexity index is 1240. The molecule has 8 heteroatoms. The summed E-state index contributed by atoms with van der Waals surface area (Å²) in [5.74, 6) is 1.81. The van der Waals surface area contributed by atoms with Gasteiger partial charge in [-0.05, 0) is 67.9 Å². The number of amides is 2. The Balaban J connectivity index is 1.51. The Morgan fingerprint density at radius 2 is 1.83 bits per heavy atom. The molecule has 3 aromatic rings. The van der Waals surface area contributed by atoms with E-state index < -0.39 is 6.10 Å². The minimum Gasteiger partial charge on any atom is -0.493 e. The molecule has 1 unspecified atom stereocenters. The van der Waals surface area contributed by atoms with Crippen molar-refractivity contribution in [1.29, 1.82) is 0 Å². The third kappa shape index (κ3) is 5.32. The second-order valence-corrected chi connectivity index (χ2v) is 8.12. The molecule has 0 spiro atoms. The highest BCUT2D eigenvalue weighted by molar-refractivity contribution is 6.06. The first kappa shape index (κ1) is 23.9. The number of methoxy groups -OCH3 is 2. The summed E-state index contributed by atoms with van der Waals surface area (Å²) < 4.78 is 22.2. The Morgan fingerprint density at radius 3 is 2.57 bits per heavy atom. The lowest BCUT2D eigenvalue weighted by atomic mass is 10.1. The van der Waals surface area contributed by atoms with Crippen LogP contribution in [0.5, 0.6) is 23.0 Å². The molecule has 0 fully saturated rings. The van der Waals surface area contributed by atoms with E-state index >= 15 is 0 Å². The van der Waals surface area contributed by atoms with Gasteiger partial charge in [-0.1, -0.05) is 12.1 Å². The van der Waals surface area contributed by atoms with Crippen LogP contribution < -0.4 is 29.2 Å². The Morgan fingerprint density at radius 1 is 1.03 bits per heavy atom. The van der Waals surface area contributed by atoms with Crippen molar-refractivity contribution in [3.8, 4) is 23.0 Å². The molecule has 35 heavy (non-hydrogen) atoms. The minimum absolute atomic E-state index is 0.172. The highest BCUT2D eigenvalue weighted by Gasteiger charge is 2.31. The van der Waals surface area contributed by atoms with E-state index in [9.17, 15) is 9.59 Å². The number of anilines is 2. The first-order valence-corrected chi connectivity index (χ1v) is 11.2. The molecule has 182 valence electrons. The molecule has 4 rings (SSSR count). The third-order valence-corrected chi connectivity index (χ3v) is 5.64. The monoisotopic (exact) mass is 476 g/mol. The van der Waals surface area contributed by atoms with Crippen LogP contribution in [0.15, 0.2) is 60.7 Å². The van der Waals surface area contributed by atoms with Crippen molar-refractivity contribution in [2.24, 2.45) is 0 Å². The number of hydrogen-bond donors (Lipinski definition) is 1. The smallest absolute Gasteiger partial charge is 0.267 e. The molecule has 3 aromatic carbocycles. The molecular formula is C27H28N2O6. The Hall–Kier alpha value is -4.20. The molecule has 1 aliphatic rings. The zero-order valence-corrected chi connectivity index (χ0v) is 20.2. The van der Waals surface area contributed by atoms with Crippen LogP contribution in [-0.2, 0) is 4.79 Å². The zero-order valence-electron chi connectivity index (χ0n) is 20.2. The lowest BCUT2D eigenvalue weighted by Crippen LogP contribution is -2.46. The van der Waals surface area contributed by atoms with Crippen molar-refractivity contribution < 1.29 is 28.5 Å². The van der Waals surface area contributed by atoms with Crippen molar-refractivity contribution in [3.63, 3.8) is 0 Å². The van der Waals surface area contributed by atoms with Crippen LogP contribution in [0.25, 0.3) is 0 Å². The number of aryl methyl sites for hydroxylation is 1. The first-order valence-electron chi connectivity index (χ1n) is 11.2. The number of nitrogens with one attached hydrogen (secondary N) is 1. The normalized spacial score (nSPS) is 14.6. The summed E-state index contributed by atoms with van der Waals surface area (Å²) in [6.07, 6.45) is -0.617. The number of carbonyl (C=O) groups is 2. The highest BCUT2D eigenvalue weighted by Crippen LogP contribution is 2.36. The maximum Gasteiger partial charge on any atom is 0.267 e. The van der Waals surface area contributed by atoms with Crippen molar-refractivity contribution >= 4 is 23.2 Å². The average molecular weight is 477 g/mol. The van der Waals surface area contributed by atoms with Crippen LogP contribution in [0.1, 0.15) is 22.8 Å². The van der Waals surface area contributed by atoms with Gasteiger partial charge in [0.05, 0.1) is 26.5 Å². The third-order valence-electron chi connectivity index (χ3n) is 5.64. The summed E-state index contributed by atoms with van der Waals surface area (Å²) in [5, 5.41) is 2.87. The summed E-state index contributed by atoms with van der Waals surface area (Å²) in [5.41, 5.74) is 2.61. The molecule has 1 atom stereocenters. The maximum absolute atomic E-state index is 12.9. The molecule has 0 saturated heterocycles. The van der Waals surface area contributed by atoms with E-state index in [1.807, 2.05) is 31.2 Å². The fourth-order valence-corrected chi connectivity index (χ4v) is 3.86. The van der Waals surface area contributed by atoms with Crippen molar-refractivity contribution in [3.05, 3.63) is 71.8 Å². The van der Waals surface area contributed by atoms with Gasteiger partial charge in [0.15, 0.2) is 17.6 Å².